The quantitative estimate of drug-likeness (QED) is 0.899. The molecule has 2 nitrogen and oxygen atoms in total. The fourth-order valence-corrected chi connectivity index (χ4v) is 3.33. The molecule has 0 amide bonds. The largest absolute Gasteiger partial charge is 0.371 e. The van der Waals surface area contributed by atoms with Crippen LogP contribution in [0.25, 0.3) is 0 Å². The lowest BCUT2D eigenvalue weighted by atomic mass is 9.98. The highest BCUT2D eigenvalue weighted by Crippen LogP contribution is 2.30. The van der Waals surface area contributed by atoms with Gasteiger partial charge in [-0.15, -0.1) is 0 Å². The Bertz CT molecular complexity index is 431. The molecule has 0 aromatic heterocycles. The molecule has 0 radical (unpaired) electrons. The number of rotatable bonds is 4. The highest BCUT2D eigenvalue weighted by molar-refractivity contribution is 6.30. The SMILES string of the molecule is CCC1CCCN(c2cc(Cl)ccc2CC(C)N)CC1. The molecule has 1 heterocycles. The summed E-state index contributed by atoms with van der Waals surface area (Å²) in [6.45, 7) is 6.66. The third-order valence-electron chi connectivity index (χ3n) is 4.35. The Hall–Kier alpha value is -0.730. The lowest BCUT2D eigenvalue weighted by Gasteiger charge is -2.26. The van der Waals surface area contributed by atoms with Gasteiger partial charge in [0.25, 0.3) is 0 Å². The van der Waals surface area contributed by atoms with Crippen molar-refractivity contribution in [3.8, 4) is 0 Å². The van der Waals surface area contributed by atoms with Crippen LogP contribution in [0.4, 0.5) is 5.69 Å². The van der Waals surface area contributed by atoms with Crippen LogP contribution in [0, 0.1) is 5.92 Å². The van der Waals surface area contributed by atoms with Gasteiger partial charge in [-0.1, -0.05) is 31.0 Å². The molecule has 3 heteroatoms. The van der Waals surface area contributed by atoms with Gasteiger partial charge >= 0.3 is 0 Å². The van der Waals surface area contributed by atoms with E-state index in [9.17, 15) is 0 Å². The molecule has 1 aromatic rings. The maximum Gasteiger partial charge on any atom is 0.0426 e. The van der Waals surface area contributed by atoms with Gasteiger partial charge < -0.3 is 10.6 Å². The van der Waals surface area contributed by atoms with Crippen molar-refractivity contribution in [1.29, 1.82) is 0 Å². The topological polar surface area (TPSA) is 29.3 Å². The molecule has 0 aliphatic carbocycles. The fraction of sp³-hybridized carbons (Fsp3) is 0.647. The van der Waals surface area contributed by atoms with E-state index in [1.165, 1.54) is 36.9 Å². The van der Waals surface area contributed by atoms with Gasteiger partial charge in [-0.3, -0.25) is 0 Å². The molecular weight excluding hydrogens is 268 g/mol. The van der Waals surface area contributed by atoms with Gasteiger partial charge in [0.15, 0.2) is 0 Å². The molecule has 2 rings (SSSR count). The van der Waals surface area contributed by atoms with Gasteiger partial charge in [-0.05, 0) is 56.2 Å². The molecule has 1 aliphatic rings. The Balaban J connectivity index is 2.19. The molecule has 0 spiro atoms. The summed E-state index contributed by atoms with van der Waals surface area (Å²) in [5.74, 6) is 0.885. The molecule has 2 atom stereocenters. The number of nitrogens with zero attached hydrogens (tertiary/aromatic N) is 1. The average molecular weight is 295 g/mol. The fourth-order valence-electron chi connectivity index (χ4n) is 3.17. The van der Waals surface area contributed by atoms with Crippen LogP contribution < -0.4 is 10.6 Å². The number of hydrogen-bond acceptors (Lipinski definition) is 2. The first-order valence-electron chi connectivity index (χ1n) is 7.89. The first-order valence-corrected chi connectivity index (χ1v) is 8.27. The highest BCUT2D eigenvalue weighted by Gasteiger charge is 2.18. The summed E-state index contributed by atoms with van der Waals surface area (Å²) in [7, 11) is 0. The van der Waals surface area contributed by atoms with Crippen LogP contribution in [-0.4, -0.2) is 19.1 Å². The van der Waals surface area contributed by atoms with Crippen LogP contribution in [0.15, 0.2) is 18.2 Å². The Labute approximate surface area is 128 Å². The zero-order chi connectivity index (χ0) is 14.5. The predicted molar refractivity (Wildman–Crippen MR) is 88.7 cm³/mol. The Morgan fingerprint density at radius 1 is 1.35 bits per heavy atom. The number of nitrogens with two attached hydrogens (primary N) is 1. The lowest BCUT2D eigenvalue weighted by molar-refractivity contribution is 0.459. The van der Waals surface area contributed by atoms with E-state index in [0.717, 1.165) is 30.5 Å². The maximum absolute atomic E-state index is 6.21. The minimum atomic E-state index is 0.185. The third kappa shape index (κ3) is 4.13. The van der Waals surface area contributed by atoms with Crippen molar-refractivity contribution in [3.63, 3.8) is 0 Å². The standard InChI is InChI=1S/C17H27ClN2/c1-3-14-5-4-9-20(10-8-14)17-12-16(18)7-6-15(17)11-13(2)19/h6-7,12-14H,3-5,8-11,19H2,1-2H3. The van der Waals surface area contributed by atoms with Crippen molar-refractivity contribution in [2.45, 2.75) is 52.0 Å². The second-order valence-electron chi connectivity index (χ2n) is 6.15. The summed E-state index contributed by atoms with van der Waals surface area (Å²) >= 11 is 6.21. The molecule has 0 bridgehead atoms. The Morgan fingerprint density at radius 3 is 2.85 bits per heavy atom. The first-order chi connectivity index (χ1) is 9.60. The van der Waals surface area contributed by atoms with Crippen LogP contribution in [-0.2, 0) is 6.42 Å². The van der Waals surface area contributed by atoms with Crippen molar-refractivity contribution in [3.05, 3.63) is 28.8 Å². The van der Waals surface area contributed by atoms with Crippen LogP contribution in [0.3, 0.4) is 0 Å². The molecule has 1 aliphatic heterocycles. The summed E-state index contributed by atoms with van der Waals surface area (Å²) < 4.78 is 0. The number of halogens is 1. The molecular formula is C17H27ClN2. The van der Waals surface area contributed by atoms with E-state index in [1.54, 1.807) is 0 Å². The van der Waals surface area contributed by atoms with Crippen molar-refractivity contribution in [1.82, 2.24) is 0 Å². The smallest absolute Gasteiger partial charge is 0.0426 e. The monoisotopic (exact) mass is 294 g/mol. The maximum atomic E-state index is 6.21. The third-order valence-corrected chi connectivity index (χ3v) is 4.59. The number of hydrogen-bond donors (Lipinski definition) is 1. The molecule has 2 N–H and O–H groups in total. The van der Waals surface area contributed by atoms with Crippen molar-refractivity contribution < 1.29 is 0 Å². The second kappa shape index (κ2) is 7.33. The molecule has 2 unspecified atom stereocenters. The molecule has 1 saturated heterocycles. The zero-order valence-corrected chi connectivity index (χ0v) is 13.5. The normalized spacial score (nSPS) is 21.6. The zero-order valence-electron chi connectivity index (χ0n) is 12.7. The van der Waals surface area contributed by atoms with Crippen molar-refractivity contribution in [2.24, 2.45) is 11.7 Å². The van der Waals surface area contributed by atoms with Crippen LogP contribution in [0.1, 0.15) is 45.1 Å². The van der Waals surface area contributed by atoms with E-state index in [1.807, 2.05) is 6.07 Å². The van der Waals surface area contributed by atoms with E-state index < -0.39 is 0 Å². The Morgan fingerprint density at radius 2 is 2.15 bits per heavy atom. The van der Waals surface area contributed by atoms with Gasteiger partial charge in [-0.25, -0.2) is 0 Å². The van der Waals surface area contributed by atoms with Crippen molar-refractivity contribution in [2.75, 3.05) is 18.0 Å². The molecule has 0 saturated carbocycles. The van der Waals surface area contributed by atoms with E-state index in [2.05, 4.69) is 30.9 Å². The van der Waals surface area contributed by atoms with E-state index in [-0.39, 0.29) is 6.04 Å². The summed E-state index contributed by atoms with van der Waals surface area (Å²) in [5, 5.41) is 0.824. The summed E-state index contributed by atoms with van der Waals surface area (Å²) in [6, 6.07) is 6.43. The minimum absolute atomic E-state index is 0.185. The summed E-state index contributed by atoms with van der Waals surface area (Å²) in [4.78, 5) is 2.51. The highest BCUT2D eigenvalue weighted by atomic mass is 35.5. The van der Waals surface area contributed by atoms with Crippen molar-refractivity contribution >= 4 is 17.3 Å². The van der Waals surface area contributed by atoms with Gasteiger partial charge in [0.05, 0.1) is 0 Å². The minimum Gasteiger partial charge on any atom is -0.371 e. The molecule has 1 fully saturated rings. The first kappa shape index (κ1) is 15.7. The van der Waals surface area contributed by atoms with Gasteiger partial charge in [0.2, 0.25) is 0 Å². The average Bonchev–Trinajstić information content (AvgIpc) is 2.65. The number of anilines is 1. The summed E-state index contributed by atoms with van der Waals surface area (Å²) in [5.41, 5.74) is 8.61. The molecule has 112 valence electrons. The van der Waals surface area contributed by atoms with E-state index >= 15 is 0 Å². The van der Waals surface area contributed by atoms with Gasteiger partial charge in [0.1, 0.15) is 0 Å². The van der Waals surface area contributed by atoms with E-state index in [4.69, 9.17) is 17.3 Å². The lowest BCUT2D eigenvalue weighted by Crippen LogP contribution is -2.27. The molecule has 20 heavy (non-hydrogen) atoms. The van der Waals surface area contributed by atoms with Gasteiger partial charge in [0, 0.05) is 29.8 Å². The predicted octanol–water partition coefficient (Wildman–Crippen LogP) is 4.25. The second-order valence-corrected chi connectivity index (χ2v) is 6.58. The van der Waals surface area contributed by atoms with Crippen LogP contribution in [0.2, 0.25) is 5.02 Å². The van der Waals surface area contributed by atoms with Gasteiger partial charge in [-0.2, -0.15) is 0 Å². The number of benzene rings is 1. The van der Waals surface area contributed by atoms with Crippen LogP contribution in [0.5, 0.6) is 0 Å². The summed E-state index contributed by atoms with van der Waals surface area (Å²) in [6.07, 6.45) is 6.15. The van der Waals surface area contributed by atoms with E-state index in [0.29, 0.717) is 0 Å². The van der Waals surface area contributed by atoms with Crippen LogP contribution >= 0.6 is 11.6 Å². The molecule has 1 aromatic carbocycles. The Kier molecular flexibility index (Phi) is 5.74.